The maximum atomic E-state index is 9.75. The second-order valence-corrected chi connectivity index (χ2v) is 7.74. The number of allylic oxidation sites excluding steroid dienone is 8. The summed E-state index contributed by atoms with van der Waals surface area (Å²) in [5.74, 6) is 0. The predicted octanol–water partition coefficient (Wildman–Crippen LogP) is 7.11. The summed E-state index contributed by atoms with van der Waals surface area (Å²) in [6.45, 7) is 0. The zero-order chi connectivity index (χ0) is 20.0. The van der Waals surface area contributed by atoms with Crippen LogP contribution in [0.4, 0.5) is 17.3 Å². The maximum absolute atomic E-state index is 9.75. The van der Waals surface area contributed by atoms with E-state index in [1.54, 1.807) is 8.94 Å². The first-order valence-corrected chi connectivity index (χ1v) is 9.92. The molecule has 0 amide bonds. The van der Waals surface area contributed by atoms with Crippen molar-refractivity contribution >= 4 is 18.4 Å². The molecule has 0 saturated carbocycles. The van der Waals surface area contributed by atoms with Gasteiger partial charge < -0.3 is 17.3 Å². The van der Waals surface area contributed by atoms with E-state index in [2.05, 4.69) is 85.0 Å². The molecular weight excluding hydrogens is 407 g/mol. The first-order chi connectivity index (χ1) is 13.4. The fourth-order valence-electron chi connectivity index (χ4n) is 2.98. The molecule has 0 nitrogen and oxygen atoms in total. The number of hydrogen-bond acceptors (Lipinski definition) is 0. The predicted molar refractivity (Wildman–Crippen MR) is 104 cm³/mol. The molecule has 0 saturated heterocycles. The average molecular weight is 425 g/mol. The number of halogens is 4. The summed E-state index contributed by atoms with van der Waals surface area (Å²) >= 11 is 1.08. The largest absolute Gasteiger partial charge is 0.673 e. The van der Waals surface area contributed by atoms with Crippen LogP contribution < -0.4 is 0 Å². The fraction of sp³-hybridized carbons (Fsp3) is 0.0909. The Morgan fingerprint density at radius 2 is 0.964 bits per heavy atom. The van der Waals surface area contributed by atoms with Gasteiger partial charge in [0.2, 0.25) is 0 Å². The van der Waals surface area contributed by atoms with Crippen LogP contribution in [0.5, 0.6) is 0 Å². The summed E-state index contributed by atoms with van der Waals surface area (Å²) in [5.41, 5.74) is 5.50. The van der Waals surface area contributed by atoms with E-state index < -0.39 is 7.25 Å². The van der Waals surface area contributed by atoms with E-state index >= 15 is 0 Å². The van der Waals surface area contributed by atoms with Crippen molar-refractivity contribution in [3.8, 4) is 0 Å². The topological polar surface area (TPSA) is 0 Å². The summed E-state index contributed by atoms with van der Waals surface area (Å²) in [6.07, 6.45) is 11.3. The maximum Gasteiger partial charge on any atom is 0.673 e. The monoisotopic (exact) mass is 425 g/mol. The molecule has 145 valence electrons. The average Bonchev–Trinajstić information content (AvgIpc) is 3.32. The van der Waals surface area contributed by atoms with E-state index in [9.17, 15) is 17.3 Å². The molecule has 4 rings (SSSR count). The van der Waals surface area contributed by atoms with Gasteiger partial charge in [0.1, 0.15) is 0 Å². The first kappa shape index (κ1) is 20.4. The Morgan fingerprint density at radius 1 is 0.607 bits per heavy atom. The standard InChI is InChI=1S/2C11H9.BF4.Fe/c2*1-2-6-10(7-3-1)11-8-4-5-9-11;2-1(3,4)5;/h2*1-4,6-8H,5H2;;/q;;-1;+1. The third-order valence-corrected chi connectivity index (χ3v) is 5.82. The summed E-state index contributed by atoms with van der Waals surface area (Å²) in [4.78, 5) is 0. The summed E-state index contributed by atoms with van der Waals surface area (Å²) < 4.78 is 42.1. The zero-order valence-electron chi connectivity index (χ0n) is 14.9. The molecule has 0 aromatic heterocycles. The molecule has 28 heavy (non-hydrogen) atoms. The van der Waals surface area contributed by atoms with Gasteiger partial charge in [-0.25, -0.2) is 0 Å². The second kappa shape index (κ2) is 9.27. The van der Waals surface area contributed by atoms with Gasteiger partial charge in [-0.2, -0.15) is 0 Å². The molecule has 0 radical (unpaired) electrons. The number of rotatable bonds is 4. The summed E-state index contributed by atoms with van der Waals surface area (Å²) in [7, 11) is -6.00. The van der Waals surface area contributed by atoms with E-state index in [0.717, 1.165) is 27.8 Å². The minimum absolute atomic E-state index is 1.08. The van der Waals surface area contributed by atoms with E-state index in [0.29, 0.717) is 0 Å². The summed E-state index contributed by atoms with van der Waals surface area (Å²) in [5, 5.41) is 0. The van der Waals surface area contributed by atoms with Crippen LogP contribution in [-0.2, 0) is 15.0 Å². The van der Waals surface area contributed by atoms with Crippen molar-refractivity contribution in [2.45, 2.75) is 12.8 Å². The molecule has 2 aliphatic rings. The second-order valence-electron chi connectivity index (χ2n) is 6.14. The van der Waals surface area contributed by atoms with Crippen molar-refractivity contribution < 1.29 is 32.2 Å². The van der Waals surface area contributed by atoms with Crippen molar-refractivity contribution in [3.63, 3.8) is 0 Å². The van der Waals surface area contributed by atoms with Gasteiger partial charge in [-0.3, -0.25) is 0 Å². The van der Waals surface area contributed by atoms with Crippen molar-refractivity contribution in [1.29, 1.82) is 0 Å². The molecule has 6 heteroatoms. The normalized spacial score (nSPS) is 15.9. The van der Waals surface area contributed by atoms with Gasteiger partial charge in [0.15, 0.2) is 0 Å². The summed E-state index contributed by atoms with van der Waals surface area (Å²) in [6, 6.07) is 21.5. The molecule has 0 N–H and O–H groups in total. The van der Waals surface area contributed by atoms with Gasteiger partial charge in [-0.1, -0.05) is 0 Å². The molecule has 0 bridgehead atoms. The van der Waals surface area contributed by atoms with E-state index in [4.69, 9.17) is 0 Å². The number of benzene rings is 2. The number of hydrogen-bond donors (Lipinski definition) is 0. The van der Waals surface area contributed by atoms with Gasteiger partial charge in [0, 0.05) is 0 Å². The zero-order valence-corrected chi connectivity index (χ0v) is 16.0. The molecule has 2 aromatic rings. The molecule has 0 unspecified atom stereocenters. The van der Waals surface area contributed by atoms with Crippen molar-refractivity contribution in [1.82, 2.24) is 0 Å². The van der Waals surface area contributed by atoms with Crippen LogP contribution in [0, 0.1) is 0 Å². The van der Waals surface area contributed by atoms with Crippen molar-refractivity contribution in [3.05, 3.63) is 105 Å². The first-order valence-electron chi connectivity index (χ1n) is 8.82. The SMILES string of the molecule is C1=CC(c2ccccc2)=[C]([Fe+][C]2=C(c3ccccc3)C=CC2)C1.F[B-](F)(F)F. The van der Waals surface area contributed by atoms with Gasteiger partial charge in [-0.15, -0.1) is 0 Å². The Labute approximate surface area is 168 Å². The van der Waals surface area contributed by atoms with Crippen LogP contribution in [0.25, 0.3) is 11.1 Å². The van der Waals surface area contributed by atoms with Crippen LogP contribution in [0.1, 0.15) is 24.0 Å². The Hall–Kier alpha value is -2.30. The van der Waals surface area contributed by atoms with E-state index in [1.165, 1.54) is 22.3 Å². The molecular formula is C22H18BF4Fe. The van der Waals surface area contributed by atoms with Crippen LogP contribution >= 0.6 is 0 Å². The van der Waals surface area contributed by atoms with E-state index in [1.807, 2.05) is 0 Å². The smallest absolute Gasteiger partial charge is 0.418 e. The molecule has 2 aliphatic carbocycles. The van der Waals surface area contributed by atoms with Crippen molar-refractivity contribution in [2.75, 3.05) is 0 Å². The van der Waals surface area contributed by atoms with Crippen molar-refractivity contribution in [2.24, 2.45) is 0 Å². The van der Waals surface area contributed by atoms with E-state index in [-0.39, 0.29) is 0 Å². The minimum atomic E-state index is -6.00. The Bertz CT molecular complexity index is 849. The van der Waals surface area contributed by atoms with Gasteiger partial charge >= 0.3 is 151 Å². The third kappa shape index (κ3) is 5.85. The molecule has 0 atom stereocenters. The van der Waals surface area contributed by atoms with Crippen LogP contribution in [-0.4, -0.2) is 7.25 Å². The molecule has 0 heterocycles. The Morgan fingerprint density at radius 3 is 1.32 bits per heavy atom. The van der Waals surface area contributed by atoms with Crippen LogP contribution in [0.2, 0.25) is 0 Å². The van der Waals surface area contributed by atoms with Crippen LogP contribution in [0.3, 0.4) is 0 Å². The molecule has 0 aliphatic heterocycles. The van der Waals surface area contributed by atoms with Gasteiger partial charge in [0.05, 0.1) is 0 Å². The van der Waals surface area contributed by atoms with Gasteiger partial charge in [0.25, 0.3) is 0 Å². The van der Waals surface area contributed by atoms with Crippen LogP contribution in [0.15, 0.2) is 93.9 Å². The fourth-order valence-corrected chi connectivity index (χ4v) is 4.67. The Balaban J connectivity index is 0.000000403. The molecule has 2 aromatic carbocycles. The quantitative estimate of drug-likeness (QED) is 0.362. The minimum Gasteiger partial charge on any atom is -0.418 e. The van der Waals surface area contributed by atoms with Gasteiger partial charge in [-0.05, 0) is 0 Å². The molecule has 0 spiro atoms. The Kier molecular flexibility index (Phi) is 6.76. The molecule has 0 fully saturated rings. The third-order valence-electron chi connectivity index (χ3n) is 4.11.